The van der Waals surface area contributed by atoms with Gasteiger partial charge in [0.1, 0.15) is 6.33 Å². The quantitative estimate of drug-likeness (QED) is 0.739. The molecule has 0 aromatic carbocycles. The zero-order valence-electron chi connectivity index (χ0n) is 10.7. The molecule has 0 unspecified atom stereocenters. The predicted octanol–water partition coefficient (Wildman–Crippen LogP) is -0.485. The summed E-state index contributed by atoms with van der Waals surface area (Å²) >= 11 is 0. The number of hydrogen-bond acceptors (Lipinski definition) is 7. The molecule has 0 amide bonds. The second-order valence-electron chi connectivity index (χ2n) is 3.74. The smallest absolute Gasteiger partial charge is 0.254 e. The molecule has 1 aliphatic heterocycles. The van der Waals surface area contributed by atoms with Gasteiger partial charge in [0.05, 0.1) is 27.4 Å². The van der Waals surface area contributed by atoms with E-state index in [4.69, 9.17) is 14.2 Å². The lowest BCUT2D eigenvalue weighted by molar-refractivity contribution is 0.0728. The van der Waals surface area contributed by atoms with Gasteiger partial charge in [-0.1, -0.05) is 0 Å². The van der Waals surface area contributed by atoms with Crippen molar-refractivity contribution in [3.8, 4) is 11.8 Å². The second kappa shape index (κ2) is 5.68. The molecule has 0 radical (unpaired) electrons. The molecular formula is C10H15N3O5S. The molecular weight excluding hydrogens is 274 g/mol. The standard InChI is InChI=1S/C10H15N3O5S/c1-16-9-8(10(17-2)12-7-11-9)19(14,15)13-3-5-18-6-4-13/h7H,3-6H2,1-2H3. The Morgan fingerprint density at radius 2 is 1.68 bits per heavy atom. The van der Waals surface area contributed by atoms with Crippen LogP contribution in [0.15, 0.2) is 11.2 Å². The van der Waals surface area contributed by atoms with Crippen LogP contribution in [-0.2, 0) is 14.8 Å². The van der Waals surface area contributed by atoms with Crippen LogP contribution in [0.5, 0.6) is 11.8 Å². The lowest BCUT2D eigenvalue weighted by Crippen LogP contribution is -2.41. The first-order valence-corrected chi connectivity index (χ1v) is 7.06. The largest absolute Gasteiger partial charge is 0.480 e. The van der Waals surface area contributed by atoms with Gasteiger partial charge in [-0.05, 0) is 0 Å². The maximum Gasteiger partial charge on any atom is 0.254 e. The number of nitrogens with zero attached hydrogens (tertiary/aromatic N) is 3. The van der Waals surface area contributed by atoms with Gasteiger partial charge < -0.3 is 14.2 Å². The molecule has 1 fully saturated rings. The number of aromatic nitrogens is 2. The van der Waals surface area contributed by atoms with Crippen molar-refractivity contribution in [1.82, 2.24) is 14.3 Å². The molecule has 19 heavy (non-hydrogen) atoms. The molecule has 8 nitrogen and oxygen atoms in total. The second-order valence-corrected chi connectivity index (χ2v) is 5.61. The summed E-state index contributed by atoms with van der Waals surface area (Å²) in [6, 6.07) is 0. The normalized spacial score (nSPS) is 17.2. The van der Waals surface area contributed by atoms with E-state index in [1.165, 1.54) is 24.9 Å². The Morgan fingerprint density at radius 1 is 1.16 bits per heavy atom. The van der Waals surface area contributed by atoms with Crippen molar-refractivity contribution in [2.45, 2.75) is 4.90 Å². The lowest BCUT2D eigenvalue weighted by Gasteiger charge is -2.26. The summed E-state index contributed by atoms with van der Waals surface area (Å²) in [4.78, 5) is 7.48. The molecule has 2 heterocycles. The fraction of sp³-hybridized carbons (Fsp3) is 0.600. The zero-order chi connectivity index (χ0) is 13.9. The first-order chi connectivity index (χ1) is 9.11. The van der Waals surface area contributed by atoms with E-state index in [-0.39, 0.29) is 29.7 Å². The van der Waals surface area contributed by atoms with Crippen LogP contribution in [0.4, 0.5) is 0 Å². The van der Waals surface area contributed by atoms with Crippen LogP contribution in [0.1, 0.15) is 0 Å². The highest BCUT2D eigenvalue weighted by molar-refractivity contribution is 7.89. The van der Waals surface area contributed by atoms with Crippen molar-refractivity contribution in [3.63, 3.8) is 0 Å². The third-order valence-corrected chi connectivity index (χ3v) is 4.60. The number of rotatable bonds is 4. The molecule has 0 N–H and O–H groups in total. The first kappa shape index (κ1) is 14.0. The summed E-state index contributed by atoms with van der Waals surface area (Å²) in [6.07, 6.45) is 1.19. The molecule has 0 atom stereocenters. The lowest BCUT2D eigenvalue weighted by atomic mass is 10.5. The van der Waals surface area contributed by atoms with E-state index in [0.29, 0.717) is 13.2 Å². The van der Waals surface area contributed by atoms with Crippen LogP contribution in [0.25, 0.3) is 0 Å². The SMILES string of the molecule is COc1ncnc(OC)c1S(=O)(=O)N1CCOCC1. The van der Waals surface area contributed by atoms with Crippen molar-refractivity contribution in [2.24, 2.45) is 0 Å². The molecule has 1 aliphatic rings. The van der Waals surface area contributed by atoms with Gasteiger partial charge in [0.15, 0.2) is 0 Å². The van der Waals surface area contributed by atoms with Crippen molar-refractivity contribution < 1.29 is 22.6 Å². The van der Waals surface area contributed by atoms with E-state index in [2.05, 4.69) is 9.97 Å². The van der Waals surface area contributed by atoms with E-state index >= 15 is 0 Å². The molecule has 0 aliphatic carbocycles. The van der Waals surface area contributed by atoms with E-state index in [1.807, 2.05) is 0 Å². The summed E-state index contributed by atoms with van der Waals surface area (Å²) in [6.45, 7) is 1.28. The summed E-state index contributed by atoms with van der Waals surface area (Å²) in [7, 11) is -1.07. The van der Waals surface area contributed by atoms with Gasteiger partial charge in [0, 0.05) is 13.1 Å². The molecule has 0 bridgehead atoms. The van der Waals surface area contributed by atoms with Crippen LogP contribution < -0.4 is 9.47 Å². The third-order valence-electron chi connectivity index (χ3n) is 2.69. The Morgan fingerprint density at radius 3 is 2.16 bits per heavy atom. The van der Waals surface area contributed by atoms with Crippen molar-refractivity contribution >= 4 is 10.0 Å². The van der Waals surface area contributed by atoms with Crippen molar-refractivity contribution in [1.29, 1.82) is 0 Å². The molecule has 9 heteroatoms. The number of methoxy groups -OCH3 is 2. The molecule has 2 rings (SSSR count). The summed E-state index contributed by atoms with van der Waals surface area (Å²) < 4.78 is 41.6. The van der Waals surface area contributed by atoms with Gasteiger partial charge in [-0.15, -0.1) is 0 Å². The van der Waals surface area contributed by atoms with Crippen LogP contribution in [0, 0.1) is 0 Å². The Bertz CT molecular complexity index is 520. The summed E-state index contributed by atoms with van der Waals surface area (Å²) in [5, 5.41) is 0. The fourth-order valence-corrected chi connectivity index (χ4v) is 3.37. The van der Waals surface area contributed by atoms with Gasteiger partial charge in [-0.3, -0.25) is 0 Å². The number of hydrogen-bond donors (Lipinski definition) is 0. The predicted molar refractivity (Wildman–Crippen MR) is 64.7 cm³/mol. The maximum atomic E-state index is 12.6. The van der Waals surface area contributed by atoms with Crippen LogP contribution >= 0.6 is 0 Å². The molecule has 0 saturated carbocycles. The topological polar surface area (TPSA) is 90.9 Å². The number of ether oxygens (including phenoxy) is 3. The van der Waals surface area contributed by atoms with Gasteiger partial charge in [0.2, 0.25) is 16.7 Å². The minimum absolute atomic E-state index is 0.0293. The van der Waals surface area contributed by atoms with Crippen molar-refractivity contribution in [2.75, 3.05) is 40.5 Å². The minimum atomic E-state index is -3.77. The van der Waals surface area contributed by atoms with E-state index in [9.17, 15) is 8.42 Å². The summed E-state index contributed by atoms with van der Waals surface area (Å²) in [5.74, 6) is -0.0586. The van der Waals surface area contributed by atoms with E-state index < -0.39 is 10.0 Å². The van der Waals surface area contributed by atoms with E-state index in [0.717, 1.165) is 0 Å². The monoisotopic (exact) mass is 289 g/mol. The highest BCUT2D eigenvalue weighted by atomic mass is 32.2. The zero-order valence-corrected chi connectivity index (χ0v) is 11.5. The van der Waals surface area contributed by atoms with Gasteiger partial charge >= 0.3 is 0 Å². The van der Waals surface area contributed by atoms with Crippen LogP contribution in [0.2, 0.25) is 0 Å². The van der Waals surface area contributed by atoms with Crippen LogP contribution in [0.3, 0.4) is 0 Å². The van der Waals surface area contributed by atoms with Gasteiger partial charge in [-0.2, -0.15) is 4.31 Å². The number of sulfonamides is 1. The Labute approximate surface area is 111 Å². The van der Waals surface area contributed by atoms with Crippen LogP contribution in [-0.4, -0.2) is 63.2 Å². The highest BCUT2D eigenvalue weighted by Crippen LogP contribution is 2.31. The number of morpholine rings is 1. The Hall–Kier alpha value is -1.45. The van der Waals surface area contributed by atoms with Gasteiger partial charge in [-0.25, -0.2) is 18.4 Å². The molecule has 0 spiro atoms. The average Bonchev–Trinajstić information content (AvgIpc) is 2.47. The Balaban J connectivity index is 2.49. The molecule has 1 aromatic rings. The van der Waals surface area contributed by atoms with E-state index in [1.54, 1.807) is 0 Å². The first-order valence-electron chi connectivity index (χ1n) is 5.62. The third kappa shape index (κ3) is 2.62. The van der Waals surface area contributed by atoms with Crippen molar-refractivity contribution in [3.05, 3.63) is 6.33 Å². The Kier molecular flexibility index (Phi) is 4.17. The molecule has 1 saturated heterocycles. The highest BCUT2D eigenvalue weighted by Gasteiger charge is 2.34. The molecule has 1 aromatic heterocycles. The average molecular weight is 289 g/mol. The maximum absolute atomic E-state index is 12.6. The minimum Gasteiger partial charge on any atom is -0.480 e. The fourth-order valence-electron chi connectivity index (χ4n) is 1.77. The van der Waals surface area contributed by atoms with Gasteiger partial charge in [0.25, 0.3) is 10.0 Å². The molecule has 106 valence electrons. The summed E-state index contributed by atoms with van der Waals surface area (Å²) in [5.41, 5.74) is 0.